The smallest absolute Gasteiger partial charge is 0.127 e. The number of nitrogens with one attached hydrogen (secondary N) is 1. The quantitative estimate of drug-likeness (QED) is 0.464. The van der Waals surface area contributed by atoms with Gasteiger partial charge in [-0.2, -0.15) is 0 Å². The van der Waals surface area contributed by atoms with E-state index < -0.39 is 0 Å². The molecule has 0 saturated heterocycles. The lowest BCUT2D eigenvalue weighted by Crippen LogP contribution is -2.33. The Morgan fingerprint density at radius 3 is 2.46 bits per heavy atom. The molecule has 1 atom stereocenters. The van der Waals surface area contributed by atoms with Crippen LogP contribution in [0.5, 0.6) is 0 Å². The third-order valence-corrected chi connectivity index (χ3v) is 2.34. The van der Waals surface area contributed by atoms with Gasteiger partial charge in [0.25, 0.3) is 0 Å². The van der Waals surface area contributed by atoms with E-state index >= 15 is 0 Å². The monoisotopic (exact) mass is 185 g/mol. The molecule has 0 aliphatic carbocycles. The number of unbranched alkanes of at least 4 members (excludes halogenated alkanes) is 1. The fraction of sp³-hybridized carbons (Fsp3) is 0.909. The maximum Gasteiger partial charge on any atom is 0.127 e. The van der Waals surface area contributed by atoms with Crippen molar-refractivity contribution in [2.45, 2.75) is 46.5 Å². The summed E-state index contributed by atoms with van der Waals surface area (Å²) in [4.78, 5) is 10.9. The van der Waals surface area contributed by atoms with Gasteiger partial charge in [-0.05, 0) is 19.4 Å². The lowest BCUT2D eigenvalue weighted by Gasteiger charge is -2.23. The maximum absolute atomic E-state index is 10.9. The van der Waals surface area contributed by atoms with Crippen LogP contribution in [0.2, 0.25) is 0 Å². The Kier molecular flexibility index (Phi) is 6.87. The number of aldehydes is 1. The van der Waals surface area contributed by atoms with Crippen molar-refractivity contribution in [3.05, 3.63) is 0 Å². The highest BCUT2D eigenvalue weighted by Crippen LogP contribution is 2.20. The van der Waals surface area contributed by atoms with Crippen molar-refractivity contribution in [3.8, 4) is 0 Å². The normalized spacial score (nSPS) is 15.3. The summed E-state index contributed by atoms with van der Waals surface area (Å²) >= 11 is 0. The Hall–Kier alpha value is -0.370. The molecular formula is C11H23NO. The van der Waals surface area contributed by atoms with Crippen LogP contribution in [0.25, 0.3) is 0 Å². The molecule has 0 heterocycles. The largest absolute Gasteiger partial charge is 0.316 e. The van der Waals surface area contributed by atoms with Crippen molar-refractivity contribution >= 4 is 6.29 Å². The zero-order valence-electron chi connectivity index (χ0n) is 9.23. The number of carbonyl (C=O) groups is 1. The van der Waals surface area contributed by atoms with Crippen molar-refractivity contribution in [2.75, 3.05) is 13.1 Å². The fourth-order valence-corrected chi connectivity index (χ4v) is 1.32. The molecule has 0 aromatic rings. The van der Waals surface area contributed by atoms with Gasteiger partial charge in [-0.3, -0.25) is 0 Å². The highest BCUT2D eigenvalue weighted by molar-refractivity contribution is 5.58. The summed E-state index contributed by atoms with van der Waals surface area (Å²) in [5, 5.41) is 3.30. The van der Waals surface area contributed by atoms with E-state index in [-0.39, 0.29) is 5.41 Å². The van der Waals surface area contributed by atoms with E-state index in [2.05, 4.69) is 19.2 Å². The third kappa shape index (κ3) is 5.81. The summed E-state index contributed by atoms with van der Waals surface area (Å²) in [6.45, 7) is 8.17. The summed E-state index contributed by atoms with van der Waals surface area (Å²) in [6, 6.07) is 0. The number of rotatable bonds is 8. The van der Waals surface area contributed by atoms with E-state index in [4.69, 9.17) is 0 Å². The van der Waals surface area contributed by atoms with Crippen LogP contribution in [-0.4, -0.2) is 19.4 Å². The van der Waals surface area contributed by atoms with Crippen LogP contribution in [0.1, 0.15) is 46.5 Å². The molecule has 13 heavy (non-hydrogen) atoms. The van der Waals surface area contributed by atoms with Gasteiger partial charge in [0.05, 0.1) is 0 Å². The molecule has 0 rings (SSSR count). The van der Waals surface area contributed by atoms with E-state index in [0.717, 1.165) is 45.1 Å². The SMILES string of the molecule is CCCCC(C)(C=O)CNCCC. The topological polar surface area (TPSA) is 29.1 Å². The van der Waals surface area contributed by atoms with Crippen LogP contribution in [-0.2, 0) is 4.79 Å². The van der Waals surface area contributed by atoms with Crippen LogP contribution in [0.3, 0.4) is 0 Å². The first-order valence-electron chi connectivity index (χ1n) is 5.35. The predicted molar refractivity (Wildman–Crippen MR) is 56.9 cm³/mol. The van der Waals surface area contributed by atoms with Crippen LogP contribution in [0, 0.1) is 5.41 Å². The molecule has 1 N–H and O–H groups in total. The Balaban J connectivity index is 3.74. The minimum Gasteiger partial charge on any atom is -0.316 e. The molecule has 0 aliphatic heterocycles. The van der Waals surface area contributed by atoms with Crippen molar-refractivity contribution in [1.29, 1.82) is 0 Å². The lowest BCUT2D eigenvalue weighted by atomic mass is 9.86. The van der Waals surface area contributed by atoms with Crippen molar-refractivity contribution < 1.29 is 4.79 Å². The summed E-state index contributed by atoms with van der Waals surface area (Å²) < 4.78 is 0. The minimum atomic E-state index is -0.148. The molecule has 0 aromatic heterocycles. The van der Waals surface area contributed by atoms with E-state index in [0.29, 0.717) is 0 Å². The van der Waals surface area contributed by atoms with Gasteiger partial charge in [-0.15, -0.1) is 0 Å². The molecule has 78 valence electrons. The molecule has 0 spiro atoms. The Morgan fingerprint density at radius 1 is 1.31 bits per heavy atom. The summed E-state index contributed by atoms with van der Waals surface area (Å²) in [5.74, 6) is 0. The lowest BCUT2D eigenvalue weighted by molar-refractivity contribution is -0.115. The first-order chi connectivity index (χ1) is 6.18. The minimum absolute atomic E-state index is 0.148. The van der Waals surface area contributed by atoms with Crippen LogP contribution in [0.15, 0.2) is 0 Å². The number of carbonyl (C=O) groups excluding carboxylic acids is 1. The van der Waals surface area contributed by atoms with Gasteiger partial charge < -0.3 is 10.1 Å². The van der Waals surface area contributed by atoms with E-state index in [1.165, 1.54) is 0 Å². The number of hydrogen-bond acceptors (Lipinski definition) is 2. The van der Waals surface area contributed by atoms with Crippen LogP contribution < -0.4 is 5.32 Å². The van der Waals surface area contributed by atoms with Gasteiger partial charge in [0, 0.05) is 12.0 Å². The molecule has 0 aliphatic rings. The Labute approximate surface area is 82.1 Å². The van der Waals surface area contributed by atoms with Gasteiger partial charge in [0.15, 0.2) is 0 Å². The molecule has 1 unspecified atom stereocenters. The van der Waals surface area contributed by atoms with Crippen LogP contribution >= 0.6 is 0 Å². The first-order valence-corrected chi connectivity index (χ1v) is 5.35. The van der Waals surface area contributed by atoms with Gasteiger partial charge in [0.2, 0.25) is 0 Å². The summed E-state index contributed by atoms with van der Waals surface area (Å²) in [6.07, 6.45) is 5.54. The average molecular weight is 185 g/mol. The van der Waals surface area contributed by atoms with Gasteiger partial charge in [-0.25, -0.2) is 0 Å². The molecule has 0 aromatic carbocycles. The van der Waals surface area contributed by atoms with Crippen molar-refractivity contribution in [3.63, 3.8) is 0 Å². The van der Waals surface area contributed by atoms with Gasteiger partial charge in [0.1, 0.15) is 6.29 Å². The molecule has 2 nitrogen and oxygen atoms in total. The highest BCUT2D eigenvalue weighted by Gasteiger charge is 2.21. The van der Waals surface area contributed by atoms with Crippen molar-refractivity contribution in [2.24, 2.45) is 5.41 Å². The zero-order chi connectivity index (χ0) is 10.2. The van der Waals surface area contributed by atoms with E-state index in [1.54, 1.807) is 0 Å². The molecule has 0 saturated carbocycles. The fourth-order valence-electron chi connectivity index (χ4n) is 1.32. The Bertz CT molecular complexity index is 136. The Morgan fingerprint density at radius 2 is 2.00 bits per heavy atom. The first kappa shape index (κ1) is 12.6. The highest BCUT2D eigenvalue weighted by atomic mass is 16.1. The van der Waals surface area contributed by atoms with Crippen molar-refractivity contribution in [1.82, 2.24) is 5.32 Å². The molecule has 0 bridgehead atoms. The van der Waals surface area contributed by atoms with E-state index in [9.17, 15) is 4.79 Å². The molecule has 0 amide bonds. The second kappa shape index (κ2) is 7.07. The summed E-state index contributed by atoms with van der Waals surface area (Å²) in [5.41, 5.74) is -0.148. The predicted octanol–water partition coefficient (Wildman–Crippen LogP) is 2.38. The molecule has 0 radical (unpaired) electrons. The summed E-state index contributed by atoms with van der Waals surface area (Å²) in [7, 11) is 0. The molecular weight excluding hydrogens is 162 g/mol. The van der Waals surface area contributed by atoms with Crippen LogP contribution in [0.4, 0.5) is 0 Å². The van der Waals surface area contributed by atoms with Gasteiger partial charge >= 0.3 is 0 Å². The molecule has 2 heteroatoms. The second-order valence-electron chi connectivity index (χ2n) is 4.05. The average Bonchev–Trinajstić information content (AvgIpc) is 2.15. The van der Waals surface area contributed by atoms with E-state index in [1.807, 2.05) is 6.92 Å². The maximum atomic E-state index is 10.9. The van der Waals surface area contributed by atoms with Gasteiger partial charge in [-0.1, -0.05) is 33.6 Å². The standard InChI is InChI=1S/C11H23NO/c1-4-6-7-11(3,10-13)9-12-8-5-2/h10,12H,4-9H2,1-3H3. The second-order valence-corrected chi connectivity index (χ2v) is 4.05. The number of hydrogen-bond donors (Lipinski definition) is 1. The molecule has 0 fully saturated rings. The third-order valence-electron chi connectivity index (χ3n) is 2.34. The zero-order valence-corrected chi connectivity index (χ0v) is 9.23.